The van der Waals surface area contributed by atoms with Gasteiger partial charge in [-0.25, -0.2) is 9.59 Å². The van der Waals surface area contributed by atoms with Crippen molar-refractivity contribution in [2.45, 2.75) is 52.1 Å². The normalized spacial score (nSPS) is 19.3. The number of urea groups is 1. The van der Waals surface area contributed by atoms with Gasteiger partial charge in [-0.3, -0.25) is 4.90 Å². The first kappa shape index (κ1) is 17.6. The number of hydrogen-bond donors (Lipinski definition) is 1. The lowest BCUT2D eigenvalue weighted by Crippen LogP contribution is -2.45. The van der Waals surface area contributed by atoms with Gasteiger partial charge in [0.05, 0.1) is 6.54 Å². The molecule has 2 atom stereocenters. The van der Waals surface area contributed by atoms with E-state index in [4.69, 9.17) is 4.74 Å². The number of carbonyl (C=O) groups is 2. The van der Waals surface area contributed by atoms with Crippen molar-refractivity contribution in [3.8, 4) is 0 Å². The van der Waals surface area contributed by atoms with Crippen molar-refractivity contribution in [1.82, 2.24) is 4.90 Å². The third-order valence-electron chi connectivity index (χ3n) is 5.25. The van der Waals surface area contributed by atoms with Crippen molar-refractivity contribution in [3.63, 3.8) is 0 Å². The van der Waals surface area contributed by atoms with Gasteiger partial charge in [-0.2, -0.15) is 0 Å². The van der Waals surface area contributed by atoms with E-state index in [2.05, 4.69) is 26.1 Å². The van der Waals surface area contributed by atoms with Crippen molar-refractivity contribution >= 4 is 23.5 Å². The van der Waals surface area contributed by atoms with Crippen LogP contribution in [0.1, 0.15) is 40.0 Å². The molecule has 1 N–H and O–H groups in total. The molecule has 6 heteroatoms. The molecule has 1 saturated carbocycles. The van der Waals surface area contributed by atoms with E-state index in [1.165, 1.54) is 0 Å². The first-order chi connectivity index (χ1) is 12.0. The molecule has 2 fully saturated rings. The first-order valence-corrected chi connectivity index (χ1v) is 9.15. The van der Waals surface area contributed by atoms with Gasteiger partial charge < -0.3 is 15.0 Å². The van der Waals surface area contributed by atoms with Gasteiger partial charge in [0.25, 0.3) is 0 Å². The highest BCUT2D eigenvalue weighted by Gasteiger charge is 2.37. The van der Waals surface area contributed by atoms with Gasteiger partial charge in [-0.15, -0.1) is 0 Å². The van der Waals surface area contributed by atoms with Crippen LogP contribution in [-0.4, -0.2) is 42.3 Å². The number of benzene rings is 1. The van der Waals surface area contributed by atoms with Gasteiger partial charge in [-0.1, -0.05) is 26.3 Å². The smallest absolute Gasteiger partial charge is 0.414 e. The third kappa shape index (κ3) is 3.89. The van der Waals surface area contributed by atoms with Gasteiger partial charge in [0, 0.05) is 23.5 Å². The Labute approximate surface area is 149 Å². The maximum absolute atomic E-state index is 12.9. The standard InChI is InChI=1S/C19H27N3O3/c1-4-13(2)14(3)22(16-8-9-16)18(23)20-15-6-5-7-17(12-15)21-10-11-25-19(21)24/h5-7,12-14,16H,4,8-11H2,1-3H3,(H,20,23)/t13-,14-/m1/s1. The summed E-state index contributed by atoms with van der Waals surface area (Å²) in [4.78, 5) is 28.2. The molecule has 1 aliphatic heterocycles. The molecule has 1 aromatic carbocycles. The molecule has 3 rings (SSSR count). The average Bonchev–Trinajstić information content (AvgIpc) is 3.34. The zero-order chi connectivity index (χ0) is 18.0. The molecule has 0 aromatic heterocycles. The average molecular weight is 345 g/mol. The monoisotopic (exact) mass is 345 g/mol. The van der Waals surface area contributed by atoms with Crippen LogP contribution in [0, 0.1) is 5.92 Å². The minimum Gasteiger partial charge on any atom is -0.447 e. The molecule has 6 nitrogen and oxygen atoms in total. The molecule has 0 unspecified atom stereocenters. The maximum Gasteiger partial charge on any atom is 0.414 e. The topological polar surface area (TPSA) is 61.9 Å². The molecule has 0 spiro atoms. The molecule has 136 valence electrons. The highest BCUT2D eigenvalue weighted by Crippen LogP contribution is 2.32. The fraction of sp³-hybridized carbons (Fsp3) is 0.579. The molecular formula is C19H27N3O3. The first-order valence-electron chi connectivity index (χ1n) is 9.15. The van der Waals surface area contributed by atoms with Crippen LogP contribution in [0.3, 0.4) is 0 Å². The van der Waals surface area contributed by atoms with Gasteiger partial charge in [0.2, 0.25) is 0 Å². The predicted octanol–water partition coefficient (Wildman–Crippen LogP) is 4.07. The zero-order valence-electron chi connectivity index (χ0n) is 15.2. The SMILES string of the molecule is CC[C@@H](C)[C@@H](C)N(C(=O)Nc1cccc(N2CCOC2=O)c1)C1CC1. The van der Waals surface area contributed by atoms with Crippen LogP contribution in [0.2, 0.25) is 0 Å². The van der Waals surface area contributed by atoms with Gasteiger partial charge in [-0.05, 0) is 43.9 Å². The Bertz CT molecular complexity index is 645. The van der Waals surface area contributed by atoms with Crippen LogP contribution in [0.25, 0.3) is 0 Å². The molecule has 0 radical (unpaired) electrons. The summed E-state index contributed by atoms with van der Waals surface area (Å²) >= 11 is 0. The van der Waals surface area contributed by atoms with E-state index >= 15 is 0 Å². The van der Waals surface area contributed by atoms with Crippen LogP contribution in [0.5, 0.6) is 0 Å². The van der Waals surface area contributed by atoms with E-state index in [0.29, 0.717) is 30.8 Å². The summed E-state index contributed by atoms with van der Waals surface area (Å²) in [5, 5.41) is 3.01. The van der Waals surface area contributed by atoms with E-state index in [-0.39, 0.29) is 18.2 Å². The van der Waals surface area contributed by atoms with Crippen LogP contribution < -0.4 is 10.2 Å². The summed E-state index contributed by atoms with van der Waals surface area (Å²) in [6.07, 6.45) is 2.86. The summed E-state index contributed by atoms with van der Waals surface area (Å²) in [6.45, 7) is 7.41. The summed E-state index contributed by atoms with van der Waals surface area (Å²) in [5.41, 5.74) is 1.44. The number of cyclic esters (lactones) is 1. The van der Waals surface area contributed by atoms with Crippen LogP contribution >= 0.6 is 0 Å². The predicted molar refractivity (Wildman–Crippen MR) is 97.9 cm³/mol. The molecule has 0 bridgehead atoms. The second kappa shape index (κ2) is 7.33. The Hall–Kier alpha value is -2.24. The van der Waals surface area contributed by atoms with Gasteiger partial charge >= 0.3 is 12.1 Å². The molecule has 1 saturated heterocycles. The summed E-state index contributed by atoms with van der Waals surface area (Å²) in [7, 11) is 0. The number of nitrogens with zero attached hydrogens (tertiary/aromatic N) is 2. The fourth-order valence-corrected chi connectivity index (χ4v) is 3.22. The van der Waals surface area contributed by atoms with Crippen molar-refractivity contribution in [2.24, 2.45) is 5.92 Å². The van der Waals surface area contributed by atoms with E-state index in [0.717, 1.165) is 24.9 Å². The molecular weight excluding hydrogens is 318 g/mol. The highest BCUT2D eigenvalue weighted by atomic mass is 16.6. The molecule has 1 aliphatic carbocycles. The van der Waals surface area contributed by atoms with Crippen molar-refractivity contribution in [2.75, 3.05) is 23.4 Å². The van der Waals surface area contributed by atoms with E-state index in [9.17, 15) is 9.59 Å². The molecule has 3 amide bonds. The van der Waals surface area contributed by atoms with Crippen molar-refractivity contribution < 1.29 is 14.3 Å². The fourth-order valence-electron chi connectivity index (χ4n) is 3.22. The third-order valence-corrected chi connectivity index (χ3v) is 5.25. The molecule has 1 aromatic rings. The second-order valence-corrected chi connectivity index (χ2v) is 7.01. The Morgan fingerprint density at radius 1 is 1.40 bits per heavy atom. The van der Waals surface area contributed by atoms with E-state index in [1.807, 2.05) is 29.2 Å². The lowest BCUT2D eigenvalue weighted by Gasteiger charge is -2.33. The second-order valence-electron chi connectivity index (χ2n) is 7.01. The largest absolute Gasteiger partial charge is 0.447 e. The number of rotatable bonds is 6. The maximum atomic E-state index is 12.9. The Kier molecular flexibility index (Phi) is 5.16. The number of ether oxygens (including phenoxy) is 1. The van der Waals surface area contributed by atoms with Gasteiger partial charge in [0.15, 0.2) is 0 Å². The Morgan fingerprint density at radius 3 is 2.76 bits per heavy atom. The summed E-state index contributed by atoms with van der Waals surface area (Å²) < 4.78 is 4.98. The quantitative estimate of drug-likeness (QED) is 0.845. The minimum absolute atomic E-state index is 0.0588. The van der Waals surface area contributed by atoms with Crippen LogP contribution in [-0.2, 0) is 4.74 Å². The van der Waals surface area contributed by atoms with E-state index in [1.54, 1.807) is 4.90 Å². The van der Waals surface area contributed by atoms with E-state index < -0.39 is 0 Å². The van der Waals surface area contributed by atoms with Crippen LogP contribution in [0.15, 0.2) is 24.3 Å². The zero-order valence-corrected chi connectivity index (χ0v) is 15.2. The van der Waals surface area contributed by atoms with Crippen molar-refractivity contribution in [3.05, 3.63) is 24.3 Å². The molecule has 25 heavy (non-hydrogen) atoms. The highest BCUT2D eigenvalue weighted by molar-refractivity contribution is 5.93. The Balaban J connectivity index is 1.72. The lowest BCUT2D eigenvalue weighted by molar-refractivity contribution is 0.164. The summed E-state index contributed by atoms with van der Waals surface area (Å²) in [5.74, 6) is 0.456. The number of nitrogens with one attached hydrogen (secondary N) is 1. The summed E-state index contributed by atoms with van der Waals surface area (Å²) in [6, 6.07) is 7.86. The number of anilines is 2. The van der Waals surface area contributed by atoms with Gasteiger partial charge in [0.1, 0.15) is 6.61 Å². The van der Waals surface area contributed by atoms with Crippen LogP contribution in [0.4, 0.5) is 21.0 Å². The number of carbonyl (C=O) groups excluding carboxylic acids is 2. The number of hydrogen-bond acceptors (Lipinski definition) is 3. The number of amides is 3. The Morgan fingerprint density at radius 2 is 2.16 bits per heavy atom. The lowest BCUT2D eigenvalue weighted by atomic mass is 9.99. The molecule has 2 aliphatic rings. The minimum atomic E-state index is -0.339. The molecule has 1 heterocycles. The van der Waals surface area contributed by atoms with Crippen molar-refractivity contribution in [1.29, 1.82) is 0 Å².